The predicted octanol–water partition coefficient (Wildman–Crippen LogP) is 2.81. The lowest BCUT2D eigenvalue weighted by Gasteiger charge is -2.20. The quantitative estimate of drug-likeness (QED) is 0.659. The monoisotopic (exact) mass is 432 g/mol. The van der Waals surface area contributed by atoms with Gasteiger partial charge in [-0.3, -0.25) is 4.79 Å². The molecule has 8 heteroatoms. The Hall–Kier alpha value is -2.42. The molecule has 1 aliphatic heterocycles. The molecule has 1 N–H and O–H groups in total. The first-order valence-corrected chi connectivity index (χ1v) is 11.5. The van der Waals surface area contributed by atoms with E-state index >= 15 is 0 Å². The number of carbonyl (C=O) groups excluding carboxylic acids is 1. The van der Waals surface area contributed by atoms with E-state index in [1.807, 2.05) is 6.92 Å². The third-order valence-corrected chi connectivity index (χ3v) is 6.80. The van der Waals surface area contributed by atoms with Crippen molar-refractivity contribution in [1.82, 2.24) is 9.62 Å². The van der Waals surface area contributed by atoms with Crippen LogP contribution in [0.15, 0.2) is 53.4 Å². The van der Waals surface area contributed by atoms with Gasteiger partial charge >= 0.3 is 0 Å². The van der Waals surface area contributed by atoms with Gasteiger partial charge in [0.2, 0.25) is 10.0 Å². The number of ether oxygens (including phenoxy) is 2. The zero-order chi connectivity index (χ0) is 21.6. The number of hydrogen-bond donors (Lipinski definition) is 1. The van der Waals surface area contributed by atoms with Gasteiger partial charge in [-0.2, -0.15) is 4.31 Å². The Bertz CT molecular complexity index is 957. The van der Waals surface area contributed by atoms with Crippen molar-refractivity contribution < 1.29 is 22.7 Å². The van der Waals surface area contributed by atoms with Crippen LogP contribution in [0, 0.1) is 0 Å². The van der Waals surface area contributed by atoms with Crippen molar-refractivity contribution >= 4 is 15.9 Å². The summed E-state index contributed by atoms with van der Waals surface area (Å²) in [5.74, 6) is 0.339. The molecule has 0 aliphatic carbocycles. The van der Waals surface area contributed by atoms with Crippen molar-refractivity contribution in [2.75, 3.05) is 26.8 Å². The van der Waals surface area contributed by atoms with Gasteiger partial charge in [0.05, 0.1) is 17.6 Å². The zero-order valence-electron chi connectivity index (χ0n) is 17.3. The summed E-state index contributed by atoms with van der Waals surface area (Å²) >= 11 is 0. The molecule has 30 heavy (non-hydrogen) atoms. The van der Waals surface area contributed by atoms with Crippen molar-refractivity contribution in [3.8, 4) is 5.75 Å². The molecule has 0 bridgehead atoms. The van der Waals surface area contributed by atoms with Gasteiger partial charge in [-0.25, -0.2) is 8.42 Å². The first-order chi connectivity index (χ1) is 14.4. The van der Waals surface area contributed by atoms with Crippen molar-refractivity contribution in [2.45, 2.75) is 37.3 Å². The molecule has 7 nitrogen and oxygen atoms in total. The van der Waals surface area contributed by atoms with Crippen molar-refractivity contribution in [3.05, 3.63) is 59.7 Å². The summed E-state index contributed by atoms with van der Waals surface area (Å²) in [6.07, 6.45) is 2.01. The molecule has 3 rings (SSSR count). The summed E-state index contributed by atoms with van der Waals surface area (Å²) < 4.78 is 38.2. The lowest BCUT2D eigenvalue weighted by molar-refractivity contribution is 0.0857. The van der Waals surface area contributed by atoms with E-state index in [1.165, 1.54) is 11.4 Å². The molecule has 0 spiro atoms. The zero-order valence-corrected chi connectivity index (χ0v) is 18.2. The molecule has 1 heterocycles. The van der Waals surface area contributed by atoms with Gasteiger partial charge in [-0.15, -0.1) is 0 Å². The van der Waals surface area contributed by atoms with Gasteiger partial charge < -0.3 is 14.8 Å². The summed E-state index contributed by atoms with van der Waals surface area (Å²) in [5, 5.41) is 2.89. The van der Waals surface area contributed by atoms with Gasteiger partial charge in [0.25, 0.3) is 5.91 Å². The second kappa shape index (κ2) is 10.1. The Morgan fingerprint density at radius 1 is 1.23 bits per heavy atom. The molecular weight excluding hydrogens is 404 g/mol. The normalized spacial score (nSPS) is 16.6. The maximum Gasteiger partial charge on any atom is 0.251 e. The van der Waals surface area contributed by atoms with E-state index in [0.717, 1.165) is 19.4 Å². The average Bonchev–Trinajstić information content (AvgIpc) is 3.27. The summed E-state index contributed by atoms with van der Waals surface area (Å²) in [6.45, 7) is 3.57. The maximum absolute atomic E-state index is 12.9. The van der Waals surface area contributed by atoms with Gasteiger partial charge in [0, 0.05) is 37.9 Å². The molecule has 1 aliphatic rings. The Kier molecular flexibility index (Phi) is 7.47. The Morgan fingerprint density at radius 2 is 2.00 bits per heavy atom. The maximum atomic E-state index is 12.9. The largest absolute Gasteiger partial charge is 0.494 e. The minimum atomic E-state index is -3.66. The van der Waals surface area contributed by atoms with Gasteiger partial charge in [0.1, 0.15) is 5.75 Å². The molecule has 1 amide bonds. The summed E-state index contributed by atoms with van der Waals surface area (Å²) in [7, 11) is -2.15. The predicted molar refractivity (Wildman–Crippen MR) is 114 cm³/mol. The standard InChI is InChI=1S/C22H28N2O5S/c1-3-28-21-12-11-17(22(25)23-15-19-8-7-13-29-19)14-18(21)16-24(2)30(26,27)20-9-5-4-6-10-20/h4-6,9-12,14,19H,3,7-8,13,15-16H2,1-2H3,(H,23,25)/t19-/m1/s1. The van der Waals surface area contributed by atoms with Crippen LogP contribution in [0.1, 0.15) is 35.7 Å². The number of rotatable bonds is 9. The highest BCUT2D eigenvalue weighted by molar-refractivity contribution is 7.89. The molecule has 0 unspecified atom stereocenters. The van der Waals surface area contributed by atoms with Gasteiger partial charge in [-0.1, -0.05) is 18.2 Å². The lowest BCUT2D eigenvalue weighted by Crippen LogP contribution is -2.32. The Labute approximate surface area is 178 Å². The highest BCUT2D eigenvalue weighted by Crippen LogP contribution is 2.25. The van der Waals surface area contributed by atoms with E-state index in [4.69, 9.17) is 9.47 Å². The van der Waals surface area contributed by atoms with Crippen LogP contribution in [0.25, 0.3) is 0 Å². The number of nitrogens with one attached hydrogen (secondary N) is 1. The van der Waals surface area contributed by atoms with Gasteiger partial charge in [-0.05, 0) is 50.1 Å². The van der Waals surface area contributed by atoms with E-state index in [2.05, 4.69) is 5.32 Å². The van der Waals surface area contributed by atoms with E-state index < -0.39 is 10.0 Å². The molecule has 0 aromatic heterocycles. The number of carbonyl (C=O) groups is 1. The number of nitrogens with zero attached hydrogens (tertiary/aromatic N) is 1. The highest BCUT2D eigenvalue weighted by atomic mass is 32.2. The average molecular weight is 433 g/mol. The summed E-state index contributed by atoms with van der Waals surface area (Å²) in [6, 6.07) is 13.3. The van der Waals surface area contributed by atoms with E-state index in [0.29, 0.717) is 30.0 Å². The number of benzene rings is 2. The number of hydrogen-bond acceptors (Lipinski definition) is 5. The van der Waals surface area contributed by atoms with E-state index in [9.17, 15) is 13.2 Å². The molecule has 162 valence electrons. The molecule has 1 atom stereocenters. The minimum Gasteiger partial charge on any atom is -0.494 e. The van der Waals surface area contributed by atoms with Crippen molar-refractivity contribution in [3.63, 3.8) is 0 Å². The van der Waals surface area contributed by atoms with Crippen LogP contribution in [0.5, 0.6) is 5.75 Å². The molecule has 1 fully saturated rings. The lowest BCUT2D eigenvalue weighted by atomic mass is 10.1. The Balaban J connectivity index is 1.77. The number of amides is 1. The van der Waals surface area contributed by atoms with Crippen LogP contribution in [-0.4, -0.2) is 51.5 Å². The molecule has 2 aromatic rings. The van der Waals surface area contributed by atoms with Crippen LogP contribution in [0.2, 0.25) is 0 Å². The van der Waals surface area contributed by atoms with Crippen LogP contribution < -0.4 is 10.1 Å². The van der Waals surface area contributed by atoms with Crippen molar-refractivity contribution in [2.24, 2.45) is 0 Å². The van der Waals surface area contributed by atoms with Crippen LogP contribution >= 0.6 is 0 Å². The van der Waals surface area contributed by atoms with E-state index in [1.54, 1.807) is 48.5 Å². The summed E-state index contributed by atoms with van der Waals surface area (Å²) in [4.78, 5) is 12.8. The Morgan fingerprint density at radius 3 is 2.67 bits per heavy atom. The second-order valence-corrected chi connectivity index (χ2v) is 9.22. The second-order valence-electron chi connectivity index (χ2n) is 7.17. The summed E-state index contributed by atoms with van der Waals surface area (Å²) in [5.41, 5.74) is 1.08. The van der Waals surface area contributed by atoms with E-state index in [-0.39, 0.29) is 23.5 Å². The van der Waals surface area contributed by atoms with Gasteiger partial charge in [0.15, 0.2) is 0 Å². The smallest absolute Gasteiger partial charge is 0.251 e. The fraction of sp³-hybridized carbons (Fsp3) is 0.409. The molecular formula is C22H28N2O5S. The third kappa shape index (κ3) is 5.38. The minimum absolute atomic E-state index is 0.0540. The SMILES string of the molecule is CCOc1ccc(C(=O)NC[C@H]2CCCO2)cc1CN(C)S(=O)(=O)c1ccccc1. The molecule has 0 radical (unpaired) electrons. The fourth-order valence-electron chi connectivity index (χ4n) is 3.35. The molecule has 2 aromatic carbocycles. The van der Waals surface area contributed by atoms with Crippen molar-refractivity contribution in [1.29, 1.82) is 0 Å². The van der Waals surface area contributed by atoms with Crippen LogP contribution in [-0.2, 0) is 21.3 Å². The van der Waals surface area contributed by atoms with Crippen LogP contribution in [0.3, 0.4) is 0 Å². The third-order valence-electron chi connectivity index (χ3n) is 4.98. The molecule has 0 saturated carbocycles. The fourth-order valence-corrected chi connectivity index (χ4v) is 4.52. The van der Waals surface area contributed by atoms with Crippen LogP contribution in [0.4, 0.5) is 0 Å². The topological polar surface area (TPSA) is 84.9 Å². The highest BCUT2D eigenvalue weighted by Gasteiger charge is 2.23. The first kappa shape index (κ1) is 22.3. The first-order valence-electron chi connectivity index (χ1n) is 10.1. The molecule has 1 saturated heterocycles. The number of sulfonamides is 1.